The van der Waals surface area contributed by atoms with Crippen LogP contribution in [0.15, 0.2) is 29.1 Å². The number of hydrogen-bond donors (Lipinski definition) is 2. The molecule has 2 aromatic rings. The molecule has 0 fully saturated rings. The number of H-pyrrole nitrogens is 1. The van der Waals surface area contributed by atoms with Crippen molar-refractivity contribution in [1.82, 2.24) is 15.3 Å². The molecule has 0 saturated carbocycles. The smallest absolute Gasteiger partial charge is 0.326 e. The molecule has 3 heterocycles. The van der Waals surface area contributed by atoms with E-state index in [4.69, 9.17) is 0 Å². The Labute approximate surface area is 123 Å². The molecule has 2 aliphatic rings. The summed E-state index contributed by atoms with van der Waals surface area (Å²) in [6.07, 6.45) is 3.04. The molecule has 0 bridgehead atoms. The highest BCUT2D eigenvalue weighted by Crippen LogP contribution is 2.34. The second-order valence-corrected chi connectivity index (χ2v) is 5.63. The molecule has 2 N–H and O–H groups in total. The summed E-state index contributed by atoms with van der Waals surface area (Å²) in [6.45, 7) is 2.59. The lowest BCUT2D eigenvalue weighted by Crippen LogP contribution is -2.34. The highest BCUT2D eigenvalue weighted by atomic mass is 16.1. The number of nitrogens with one attached hydrogen (secondary N) is 2. The van der Waals surface area contributed by atoms with E-state index in [0.29, 0.717) is 0 Å². The van der Waals surface area contributed by atoms with Gasteiger partial charge in [0.2, 0.25) is 0 Å². The first-order chi connectivity index (χ1) is 10.3. The molecular weight excluding hydrogens is 264 g/mol. The molecule has 21 heavy (non-hydrogen) atoms. The van der Waals surface area contributed by atoms with Crippen LogP contribution in [0.5, 0.6) is 0 Å². The maximum atomic E-state index is 11.9. The minimum absolute atomic E-state index is 0.242. The Balaban J connectivity index is 1.88. The van der Waals surface area contributed by atoms with E-state index in [1.165, 1.54) is 11.3 Å². The summed E-state index contributed by atoms with van der Waals surface area (Å²) >= 11 is 0. The zero-order valence-electron chi connectivity index (χ0n) is 11.9. The lowest BCUT2D eigenvalue weighted by molar-refractivity contribution is 0.618. The highest BCUT2D eigenvalue weighted by molar-refractivity contribution is 5.68. The zero-order valence-corrected chi connectivity index (χ0v) is 11.9. The molecule has 0 saturated heterocycles. The maximum absolute atomic E-state index is 11.9. The topological polar surface area (TPSA) is 61.0 Å². The number of fused-ring (bicyclic) bond motifs is 2. The van der Waals surface area contributed by atoms with Crippen molar-refractivity contribution in [3.8, 4) is 0 Å². The fourth-order valence-corrected chi connectivity index (χ4v) is 3.33. The van der Waals surface area contributed by atoms with Crippen LogP contribution in [-0.2, 0) is 19.4 Å². The van der Waals surface area contributed by atoms with Crippen LogP contribution in [0.3, 0.4) is 0 Å². The Bertz CT molecular complexity index is 737. The van der Waals surface area contributed by atoms with E-state index in [0.717, 1.165) is 56.0 Å². The molecule has 0 atom stereocenters. The van der Waals surface area contributed by atoms with Gasteiger partial charge in [0.05, 0.1) is 0 Å². The van der Waals surface area contributed by atoms with Gasteiger partial charge in [-0.3, -0.25) is 0 Å². The molecule has 2 aliphatic heterocycles. The molecule has 1 aromatic carbocycles. The molecule has 0 spiro atoms. The van der Waals surface area contributed by atoms with Gasteiger partial charge < -0.3 is 15.2 Å². The monoisotopic (exact) mass is 282 g/mol. The summed E-state index contributed by atoms with van der Waals surface area (Å²) in [7, 11) is 0. The van der Waals surface area contributed by atoms with Crippen molar-refractivity contribution < 1.29 is 0 Å². The molecule has 0 aliphatic carbocycles. The Morgan fingerprint density at radius 3 is 3.05 bits per heavy atom. The van der Waals surface area contributed by atoms with E-state index in [-0.39, 0.29) is 5.69 Å². The van der Waals surface area contributed by atoms with Crippen molar-refractivity contribution in [1.29, 1.82) is 0 Å². The predicted molar refractivity (Wildman–Crippen MR) is 82.0 cm³/mol. The van der Waals surface area contributed by atoms with Crippen molar-refractivity contribution >= 4 is 11.5 Å². The van der Waals surface area contributed by atoms with E-state index in [2.05, 4.69) is 44.5 Å². The Hall–Kier alpha value is -2.14. The molecule has 5 heteroatoms. The number of aromatic amines is 1. The van der Waals surface area contributed by atoms with Gasteiger partial charge in [-0.2, -0.15) is 4.98 Å². The lowest BCUT2D eigenvalue weighted by atomic mass is 10.0. The molecule has 5 nitrogen and oxygen atoms in total. The van der Waals surface area contributed by atoms with Crippen LogP contribution in [0.4, 0.5) is 11.5 Å². The molecule has 0 amide bonds. The van der Waals surface area contributed by atoms with Gasteiger partial charge >= 0.3 is 5.69 Å². The van der Waals surface area contributed by atoms with E-state index in [9.17, 15) is 4.79 Å². The van der Waals surface area contributed by atoms with Gasteiger partial charge in [0, 0.05) is 43.0 Å². The second kappa shape index (κ2) is 5.00. The van der Waals surface area contributed by atoms with Crippen LogP contribution in [0.2, 0.25) is 0 Å². The van der Waals surface area contributed by atoms with Gasteiger partial charge in [-0.15, -0.1) is 0 Å². The lowest BCUT2D eigenvalue weighted by Gasteiger charge is -2.33. The molecule has 0 radical (unpaired) electrons. The standard InChI is InChI=1S/C16H18N4O/c21-16-18-13-7-8-17-10-12(13)15(19-16)20-9-3-5-11-4-1-2-6-14(11)20/h1-2,4,6,17H,3,5,7-10H2,(H,18,19,21). The summed E-state index contributed by atoms with van der Waals surface area (Å²) in [6, 6.07) is 8.42. The van der Waals surface area contributed by atoms with E-state index in [1.54, 1.807) is 0 Å². The molecular formula is C16H18N4O. The van der Waals surface area contributed by atoms with E-state index >= 15 is 0 Å². The van der Waals surface area contributed by atoms with Crippen LogP contribution in [0.25, 0.3) is 0 Å². The van der Waals surface area contributed by atoms with Crippen LogP contribution in [-0.4, -0.2) is 23.1 Å². The minimum atomic E-state index is -0.242. The fraction of sp³-hybridized carbons (Fsp3) is 0.375. The summed E-state index contributed by atoms with van der Waals surface area (Å²) in [5.74, 6) is 0.827. The number of hydrogen-bond acceptors (Lipinski definition) is 4. The number of anilines is 2. The third-order valence-electron chi connectivity index (χ3n) is 4.32. The normalized spacial score (nSPS) is 17.2. The third-order valence-corrected chi connectivity index (χ3v) is 4.32. The third kappa shape index (κ3) is 2.14. The Morgan fingerprint density at radius 2 is 2.10 bits per heavy atom. The van der Waals surface area contributed by atoms with Crippen molar-refractivity contribution in [2.45, 2.75) is 25.8 Å². The van der Waals surface area contributed by atoms with Crippen LogP contribution >= 0.6 is 0 Å². The number of rotatable bonds is 1. The van der Waals surface area contributed by atoms with Crippen molar-refractivity contribution in [2.24, 2.45) is 0 Å². The Morgan fingerprint density at radius 1 is 1.19 bits per heavy atom. The van der Waals surface area contributed by atoms with Gasteiger partial charge in [-0.25, -0.2) is 4.79 Å². The summed E-state index contributed by atoms with van der Waals surface area (Å²) in [5.41, 5.74) is 4.45. The first kappa shape index (κ1) is 12.6. The van der Waals surface area contributed by atoms with Crippen molar-refractivity contribution in [3.05, 3.63) is 51.6 Å². The largest absolute Gasteiger partial charge is 0.347 e. The highest BCUT2D eigenvalue weighted by Gasteiger charge is 2.24. The number of aryl methyl sites for hydroxylation is 1. The average molecular weight is 282 g/mol. The number of nitrogens with zero attached hydrogens (tertiary/aromatic N) is 2. The number of para-hydroxylation sites is 1. The summed E-state index contributed by atoms with van der Waals surface area (Å²) < 4.78 is 0. The number of aromatic nitrogens is 2. The van der Waals surface area contributed by atoms with Gasteiger partial charge in [-0.05, 0) is 24.5 Å². The summed E-state index contributed by atoms with van der Waals surface area (Å²) in [4.78, 5) is 21.3. The SMILES string of the molecule is O=c1nc(N2CCCc3ccccc32)c2c([nH]1)CCNC2. The zero-order chi connectivity index (χ0) is 14.2. The van der Waals surface area contributed by atoms with Crippen molar-refractivity contribution in [3.63, 3.8) is 0 Å². The average Bonchev–Trinajstić information content (AvgIpc) is 2.53. The van der Waals surface area contributed by atoms with Gasteiger partial charge in [0.15, 0.2) is 0 Å². The minimum Gasteiger partial charge on any atom is -0.326 e. The first-order valence-corrected chi connectivity index (χ1v) is 7.51. The van der Waals surface area contributed by atoms with E-state index < -0.39 is 0 Å². The first-order valence-electron chi connectivity index (χ1n) is 7.51. The quantitative estimate of drug-likeness (QED) is 0.832. The van der Waals surface area contributed by atoms with Crippen LogP contribution in [0.1, 0.15) is 23.2 Å². The van der Waals surface area contributed by atoms with Gasteiger partial charge in [-0.1, -0.05) is 18.2 Å². The fourth-order valence-electron chi connectivity index (χ4n) is 3.33. The van der Waals surface area contributed by atoms with Crippen molar-refractivity contribution in [2.75, 3.05) is 18.0 Å². The molecule has 4 rings (SSSR count). The molecule has 0 unspecified atom stereocenters. The van der Waals surface area contributed by atoms with Gasteiger partial charge in [0.25, 0.3) is 0 Å². The van der Waals surface area contributed by atoms with Crippen LogP contribution < -0.4 is 15.9 Å². The number of benzene rings is 1. The molecule has 1 aromatic heterocycles. The summed E-state index contributed by atoms with van der Waals surface area (Å²) in [5, 5.41) is 3.38. The molecule has 108 valence electrons. The van der Waals surface area contributed by atoms with Crippen LogP contribution in [0, 0.1) is 0 Å². The predicted octanol–water partition coefficient (Wildman–Crippen LogP) is 1.50. The second-order valence-electron chi connectivity index (χ2n) is 5.63. The Kier molecular flexibility index (Phi) is 3.00. The van der Waals surface area contributed by atoms with Gasteiger partial charge in [0.1, 0.15) is 5.82 Å². The maximum Gasteiger partial charge on any atom is 0.347 e. The van der Waals surface area contributed by atoms with E-state index in [1.807, 2.05) is 0 Å².